The van der Waals surface area contributed by atoms with Gasteiger partial charge in [0, 0.05) is 18.8 Å². The van der Waals surface area contributed by atoms with E-state index in [1.54, 1.807) is 101 Å². The van der Waals surface area contributed by atoms with Crippen LogP contribution < -0.4 is 10.6 Å². The van der Waals surface area contributed by atoms with Gasteiger partial charge in [-0.15, -0.1) is 5.06 Å². The Bertz CT molecular complexity index is 1670. The Morgan fingerprint density at radius 3 is 2.07 bits per heavy atom. The molecule has 3 rings (SSSR count). The number of hydrogen-bond acceptors (Lipinski definition) is 11. The zero-order chi connectivity index (χ0) is 39.9. The average molecular weight is 747 g/mol. The van der Waals surface area contributed by atoms with E-state index in [1.165, 1.54) is 20.0 Å². The Labute approximate surface area is 317 Å². The maximum absolute atomic E-state index is 14.9. The van der Waals surface area contributed by atoms with Crippen LogP contribution in [0.4, 0.5) is 5.69 Å². The van der Waals surface area contributed by atoms with Crippen molar-refractivity contribution in [2.75, 3.05) is 5.32 Å². The average Bonchev–Trinajstić information content (AvgIpc) is 3.14. The molecule has 54 heavy (non-hydrogen) atoms. The first-order valence-corrected chi connectivity index (χ1v) is 18.3. The van der Waals surface area contributed by atoms with E-state index in [0.29, 0.717) is 28.3 Å². The van der Waals surface area contributed by atoms with Gasteiger partial charge in [0.25, 0.3) is 17.4 Å². The van der Waals surface area contributed by atoms with E-state index in [-0.39, 0.29) is 12.5 Å². The first-order chi connectivity index (χ1) is 25.6. The SMILES string of the molecule is CCCC[C@H](C)[C@@H](O)CC(=O)ON(C(=O)[C@H](C)Nc1cccnc1)[C@@](Cc1ccccc1)(C(=O)N[C@@H](C)C(=O)OCc1ccccc1)C(=O)OC(C)(C)C. The number of nitrogens with one attached hydrogen (secondary N) is 2. The number of carbonyl (C=O) groups excluding carboxylic acids is 5. The van der Waals surface area contributed by atoms with Gasteiger partial charge in [-0.1, -0.05) is 87.4 Å². The van der Waals surface area contributed by atoms with Crippen LogP contribution in [0.2, 0.25) is 0 Å². The van der Waals surface area contributed by atoms with Crippen LogP contribution in [0.3, 0.4) is 0 Å². The summed E-state index contributed by atoms with van der Waals surface area (Å²) in [5.74, 6) is -5.59. The van der Waals surface area contributed by atoms with Gasteiger partial charge in [0.05, 0.1) is 18.2 Å². The van der Waals surface area contributed by atoms with Crippen molar-refractivity contribution in [3.8, 4) is 0 Å². The number of ether oxygens (including phenoxy) is 2. The number of benzene rings is 2. The molecule has 0 saturated heterocycles. The first-order valence-electron chi connectivity index (χ1n) is 18.3. The summed E-state index contributed by atoms with van der Waals surface area (Å²) in [5, 5.41) is 16.9. The van der Waals surface area contributed by atoms with E-state index in [2.05, 4.69) is 15.6 Å². The molecule has 13 heteroatoms. The highest BCUT2D eigenvalue weighted by atomic mass is 16.7. The molecule has 5 atom stereocenters. The van der Waals surface area contributed by atoms with Gasteiger partial charge < -0.3 is 30.1 Å². The lowest BCUT2D eigenvalue weighted by molar-refractivity contribution is -0.231. The van der Waals surface area contributed by atoms with Crippen LogP contribution >= 0.6 is 0 Å². The van der Waals surface area contributed by atoms with Gasteiger partial charge in [-0.25, -0.2) is 14.4 Å². The smallest absolute Gasteiger partial charge is 0.346 e. The Hall–Kier alpha value is -5.30. The molecule has 0 unspecified atom stereocenters. The Kier molecular flexibility index (Phi) is 16.2. The second kappa shape index (κ2) is 20.2. The third-order valence-electron chi connectivity index (χ3n) is 8.54. The Balaban J connectivity index is 2.16. The summed E-state index contributed by atoms with van der Waals surface area (Å²) in [7, 11) is 0. The van der Waals surface area contributed by atoms with Crippen molar-refractivity contribution < 1.29 is 43.4 Å². The molecule has 0 saturated carbocycles. The highest BCUT2D eigenvalue weighted by molar-refractivity contribution is 6.11. The lowest BCUT2D eigenvalue weighted by Gasteiger charge is -2.41. The molecule has 0 aliphatic rings. The van der Waals surface area contributed by atoms with Crippen molar-refractivity contribution in [1.82, 2.24) is 15.4 Å². The molecule has 3 N–H and O–H groups in total. The van der Waals surface area contributed by atoms with E-state index in [4.69, 9.17) is 14.3 Å². The van der Waals surface area contributed by atoms with Crippen molar-refractivity contribution in [1.29, 1.82) is 0 Å². The van der Waals surface area contributed by atoms with E-state index >= 15 is 0 Å². The summed E-state index contributed by atoms with van der Waals surface area (Å²) >= 11 is 0. The number of aromatic nitrogens is 1. The standard InChI is InChI=1S/C41H54N4O9/c1-8-9-17-28(2)34(46)24-35(47)54-45(36(48)29(3)43-33-22-16-23-42-26-33)41(39(51)53-40(5,6)7,25-31-18-12-10-13-19-31)38(50)44-30(4)37(49)52-27-32-20-14-11-15-21-32/h10-16,18-23,26,28-30,34,43,46H,8-9,17,24-25,27H2,1-7H3,(H,44,50)/t28-,29-,30-,34-,41-/m0/s1. The summed E-state index contributed by atoms with van der Waals surface area (Å²) in [4.78, 5) is 81.0. The molecule has 0 spiro atoms. The fourth-order valence-electron chi connectivity index (χ4n) is 5.45. The second-order valence-electron chi connectivity index (χ2n) is 14.4. The zero-order valence-electron chi connectivity index (χ0n) is 32.2. The lowest BCUT2D eigenvalue weighted by Crippen LogP contribution is -2.70. The second-order valence-corrected chi connectivity index (χ2v) is 14.4. The number of unbranched alkanes of at least 4 members (excludes halogenated alkanes) is 1. The third-order valence-corrected chi connectivity index (χ3v) is 8.54. The molecule has 1 aromatic heterocycles. The number of hydroxylamine groups is 2. The topological polar surface area (TPSA) is 173 Å². The van der Waals surface area contributed by atoms with Crippen LogP contribution in [0.1, 0.15) is 85.3 Å². The number of nitrogens with zero attached hydrogens (tertiary/aromatic N) is 2. The van der Waals surface area contributed by atoms with Crippen LogP contribution in [-0.4, -0.2) is 74.2 Å². The van der Waals surface area contributed by atoms with E-state index in [1.807, 2.05) is 13.0 Å². The summed E-state index contributed by atoms with van der Waals surface area (Å²) < 4.78 is 11.3. The van der Waals surface area contributed by atoms with Crippen LogP contribution in [0.25, 0.3) is 0 Å². The summed E-state index contributed by atoms with van der Waals surface area (Å²) in [6.07, 6.45) is 3.13. The molecule has 0 aliphatic heterocycles. The Morgan fingerprint density at radius 1 is 0.870 bits per heavy atom. The molecule has 13 nitrogen and oxygen atoms in total. The third kappa shape index (κ3) is 12.7. The number of aliphatic hydroxyl groups is 1. The van der Waals surface area contributed by atoms with Gasteiger partial charge in [0.1, 0.15) is 24.3 Å². The van der Waals surface area contributed by atoms with E-state index in [0.717, 1.165) is 12.8 Å². The van der Waals surface area contributed by atoms with E-state index in [9.17, 15) is 29.1 Å². The predicted octanol–water partition coefficient (Wildman–Crippen LogP) is 5.32. The van der Waals surface area contributed by atoms with Gasteiger partial charge in [-0.3, -0.25) is 14.6 Å². The number of pyridine rings is 1. The van der Waals surface area contributed by atoms with Crippen LogP contribution in [0.5, 0.6) is 0 Å². The zero-order valence-corrected chi connectivity index (χ0v) is 32.2. The van der Waals surface area contributed by atoms with Gasteiger partial charge in [0.2, 0.25) is 0 Å². The van der Waals surface area contributed by atoms with Crippen molar-refractivity contribution in [3.63, 3.8) is 0 Å². The highest BCUT2D eigenvalue weighted by Gasteiger charge is 2.59. The van der Waals surface area contributed by atoms with Crippen molar-refractivity contribution in [3.05, 3.63) is 96.3 Å². The molecule has 0 radical (unpaired) electrons. The number of rotatable bonds is 18. The molecule has 0 aliphatic carbocycles. The largest absolute Gasteiger partial charge is 0.459 e. The number of carbonyl (C=O) groups is 5. The molecule has 0 fully saturated rings. The molecular weight excluding hydrogens is 692 g/mol. The van der Waals surface area contributed by atoms with E-state index < -0.39 is 71.9 Å². The van der Waals surface area contributed by atoms with Crippen molar-refractivity contribution >= 4 is 35.4 Å². The number of esters is 2. The summed E-state index contributed by atoms with van der Waals surface area (Å²) in [6.45, 7) is 11.3. The maximum atomic E-state index is 14.9. The Morgan fingerprint density at radius 2 is 1.50 bits per heavy atom. The predicted molar refractivity (Wildman–Crippen MR) is 202 cm³/mol. The molecular formula is C41H54N4O9. The quantitative estimate of drug-likeness (QED) is 0.0874. The lowest BCUT2D eigenvalue weighted by atomic mass is 9.87. The van der Waals surface area contributed by atoms with Gasteiger partial charge in [-0.2, -0.15) is 0 Å². The van der Waals surface area contributed by atoms with Crippen LogP contribution in [0, 0.1) is 5.92 Å². The summed E-state index contributed by atoms with van der Waals surface area (Å²) in [5.41, 5.74) is -2.40. The normalized spacial score (nSPS) is 14.6. The minimum atomic E-state index is -2.74. The summed E-state index contributed by atoms with van der Waals surface area (Å²) in [6, 6.07) is 18.0. The van der Waals surface area contributed by atoms with Crippen molar-refractivity contribution in [2.24, 2.45) is 5.92 Å². The van der Waals surface area contributed by atoms with Gasteiger partial charge in [0.15, 0.2) is 0 Å². The fraction of sp³-hybridized carbons (Fsp3) is 0.463. The molecule has 292 valence electrons. The molecule has 1 heterocycles. The van der Waals surface area contributed by atoms with Crippen LogP contribution in [0.15, 0.2) is 85.2 Å². The first kappa shape index (κ1) is 43.1. The minimum Gasteiger partial charge on any atom is -0.459 e. The van der Waals surface area contributed by atoms with Gasteiger partial charge >= 0.3 is 17.9 Å². The molecule has 0 bridgehead atoms. The minimum absolute atomic E-state index is 0.0835. The number of anilines is 1. The van der Waals surface area contributed by atoms with Crippen LogP contribution in [-0.2, 0) is 51.3 Å². The monoisotopic (exact) mass is 746 g/mol. The number of hydrogen-bond donors (Lipinski definition) is 3. The fourth-order valence-corrected chi connectivity index (χ4v) is 5.45. The number of amides is 2. The van der Waals surface area contributed by atoms with Gasteiger partial charge in [-0.05, 0) is 70.2 Å². The number of aliphatic hydroxyl groups excluding tert-OH is 1. The molecule has 2 amide bonds. The maximum Gasteiger partial charge on any atom is 0.346 e. The molecule has 2 aromatic carbocycles. The molecule has 3 aromatic rings. The van der Waals surface area contributed by atoms with Crippen molar-refractivity contribution in [2.45, 2.75) is 117 Å². The highest BCUT2D eigenvalue weighted by Crippen LogP contribution is 2.30.